The molecule has 0 spiro atoms. The summed E-state index contributed by atoms with van der Waals surface area (Å²) in [4.78, 5) is 0. The quantitative estimate of drug-likeness (QED) is 0.179. The molecule has 9 atom stereocenters. The van der Waals surface area contributed by atoms with Gasteiger partial charge in [-0.05, 0) is 116 Å². The second kappa shape index (κ2) is 8.92. The zero-order valence-corrected chi connectivity index (χ0v) is 23.9. The Kier molecular flexibility index (Phi) is 7.07. The molecule has 31 heavy (non-hydrogen) atoms. The van der Waals surface area contributed by atoms with Crippen molar-refractivity contribution in [2.75, 3.05) is 0 Å². The molecule has 0 N–H and O–H groups in total. The SMILES string of the molecule is CCC(CC[C@@H](C)[C@@]1(I)CC[C@H]2C3CC=C4C[C@@H](C)CC[C@]4(C)C3CC[C@@]21C)C(C)C. The zero-order valence-electron chi connectivity index (χ0n) is 21.8. The first-order valence-electron chi connectivity index (χ1n) is 13.9. The van der Waals surface area contributed by atoms with Gasteiger partial charge in [-0.2, -0.15) is 0 Å². The van der Waals surface area contributed by atoms with E-state index in [0.29, 0.717) is 14.3 Å². The minimum atomic E-state index is 0.516. The Labute approximate surface area is 208 Å². The van der Waals surface area contributed by atoms with E-state index in [9.17, 15) is 0 Å². The van der Waals surface area contributed by atoms with Crippen LogP contribution in [0.15, 0.2) is 11.6 Å². The Morgan fingerprint density at radius 3 is 2.39 bits per heavy atom. The van der Waals surface area contributed by atoms with Crippen molar-refractivity contribution in [3.63, 3.8) is 0 Å². The van der Waals surface area contributed by atoms with Crippen LogP contribution < -0.4 is 0 Å². The fourth-order valence-electron chi connectivity index (χ4n) is 9.37. The Hall–Kier alpha value is 0.470. The van der Waals surface area contributed by atoms with Gasteiger partial charge in [-0.3, -0.25) is 0 Å². The fourth-order valence-corrected chi connectivity index (χ4v) is 10.7. The van der Waals surface area contributed by atoms with Crippen molar-refractivity contribution in [3.05, 3.63) is 11.6 Å². The van der Waals surface area contributed by atoms with Crippen LogP contribution in [-0.2, 0) is 0 Å². The second-order valence-electron chi connectivity index (χ2n) is 13.4. The molecule has 178 valence electrons. The molecule has 0 nitrogen and oxygen atoms in total. The molecule has 0 aromatic rings. The smallest absolute Gasteiger partial charge is 0.0304 e. The van der Waals surface area contributed by atoms with Crippen LogP contribution in [0.4, 0.5) is 0 Å². The van der Waals surface area contributed by atoms with Gasteiger partial charge in [0.05, 0.1) is 0 Å². The van der Waals surface area contributed by atoms with Gasteiger partial charge in [0.15, 0.2) is 0 Å². The fraction of sp³-hybridized carbons (Fsp3) is 0.933. The Morgan fingerprint density at radius 2 is 1.71 bits per heavy atom. The van der Waals surface area contributed by atoms with E-state index in [-0.39, 0.29) is 0 Å². The number of halogens is 1. The van der Waals surface area contributed by atoms with Crippen LogP contribution in [0.1, 0.15) is 119 Å². The third-order valence-electron chi connectivity index (χ3n) is 11.7. The first kappa shape index (κ1) is 24.6. The van der Waals surface area contributed by atoms with Crippen LogP contribution in [0.2, 0.25) is 0 Å². The minimum Gasteiger partial charge on any atom is -0.0845 e. The van der Waals surface area contributed by atoms with Gasteiger partial charge in [0.25, 0.3) is 0 Å². The van der Waals surface area contributed by atoms with E-state index >= 15 is 0 Å². The van der Waals surface area contributed by atoms with Crippen molar-refractivity contribution in [3.8, 4) is 0 Å². The molecular weight excluding hydrogens is 487 g/mol. The molecule has 0 aromatic carbocycles. The summed E-state index contributed by atoms with van der Waals surface area (Å²) in [5.74, 6) is 6.42. The molecule has 0 amide bonds. The number of fused-ring (bicyclic) bond motifs is 5. The third kappa shape index (κ3) is 3.91. The van der Waals surface area contributed by atoms with Crippen LogP contribution in [0.5, 0.6) is 0 Å². The largest absolute Gasteiger partial charge is 0.0845 e. The van der Waals surface area contributed by atoms with Crippen molar-refractivity contribution in [1.29, 1.82) is 0 Å². The van der Waals surface area contributed by atoms with Gasteiger partial charge >= 0.3 is 0 Å². The number of hydrogen-bond acceptors (Lipinski definition) is 0. The van der Waals surface area contributed by atoms with Gasteiger partial charge in [0.1, 0.15) is 0 Å². The topological polar surface area (TPSA) is 0 Å². The Morgan fingerprint density at radius 1 is 1.00 bits per heavy atom. The summed E-state index contributed by atoms with van der Waals surface area (Å²) in [5, 5.41) is 0. The number of allylic oxidation sites excluding steroid dienone is 2. The minimum absolute atomic E-state index is 0.516. The van der Waals surface area contributed by atoms with Gasteiger partial charge in [-0.25, -0.2) is 0 Å². The first-order valence-corrected chi connectivity index (χ1v) is 15.0. The van der Waals surface area contributed by atoms with E-state index in [1.54, 1.807) is 0 Å². The van der Waals surface area contributed by atoms with Crippen LogP contribution in [0, 0.1) is 52.3 Å². The maximum absolute atomic E-state index is 3.01. The van der Waals surface area contributed by atoms with Crippen LogP contribution in [0.3, 0.4) is 0 Å². The van der Waals surface area contributed by atoms with E-state index in [4.69, 9.17) is 0 Å². The highest BCUT2D eigenvalue weighted by Crippen LogP contribution is 2.71. The van der Waals surface area contributed by atoms with E-state index < -0.39 is 0 Å². The lowest BCUT2D eigenvalue weighted by molar-refractivity contribution is -0.0415. The molecule has 0 heterocycles. The predicted molar refractivity (Wildman–Crippen MR) is 145 cm³/mol. The average Bonchev–Trinajstić information content (AvgIpc) is 3.00. The van der Waals surface area contributed by atoms with Crippen molar-refractivity contribution in [1.82, 2.24) is 0 Å². The van der Waals surface area contributed by atoms with Crippen LogP contribution in [-0.4, -0.2) is 3.42 Å². The highest BCUT2D eigenvalue weighted by atomic mass is 127. The number of alkyl halides is 1. The standard InChI is InChI=1S/C30H51I/c1-8-23(20(2)3)10-9-22(5)30(31)18-15-27-25-12-11-24-19-21(4)13-16-28(24,6)26(25)14-17-29(27,30)7/h11,20-23,25-27H,8-10,12-19H2,1-7H3/t21-,22+,23?,25?,26?,27-,28-,29-,30-/m0/s1. The lowest BCUT2D eigenvalue weighted by Crippen LogP contribution is -2.54. The average molecular weight is 539 g/mol. The van der Waals surface area contributed by atoms with Gasteiger partial charge in [-0.1, -0.05) is 89.1 Å². The van der Waals surface area contributed by atoms with Crippen molar-refractivity contribution >= 4 is 22.6 Å². The molecule has 4 rings (SSSR count). The first-order chi connectivity index (χ1) is 14.6. The summed E-state index contributed by atoms with van der Waals surface area (Å²) in [6.45, 7) is 17.8. The van der Waals surface area contributed by atoms with Crippen molar-refractivity contribution in [2.45, 2.75) is 123 Å². The highest BCUT2D eigenvalue weighted by molar-refractivity contribution is 14.1. The molecule has 0 aliphatic heterocycles. The lowest BCUT2D eigenvalue weighted by Gasteiger charge is -2.60. The molecule has 3 fully saturated rings. The summed E-state index contributed by atoms with van der Waals surface area (Å²) in [6, 6.07) is 0. The molecule has 1 heteroatoms. The summed E-state index contributed by atoms with van der Waals surface area (Å²) in [6.07, 6.45) is 18.7. The summed E-state index contributed by atoms with van der Waals surface area (Å²) in [7, 11) is 0. The molecule has 0 saturated heterocycles. The third-order valence-corrected chi connectivity index (χ3v) is 14.6. The Balaban J connectivity index is 1.52. The van der Waals surface area contributed by atoms with Crippen molar-refractivity contribution < 1.29 is 0 Å². The number of hydrogen-bond donors (Lipinski definition) is 0. The van der Waals surface area contributed by atoms with E-state index in [2.05, 4.69) is 77.1 Å². The summed E-state index contributed by atoms with van der Waals surface area (Å²) < 4.78 is 0.516. The molecule has 0 aromatic heterocycles. The normalized spacial score (nSPS) is 46.7. The maximum atomic E-state index is 3.01. The van der Waals surface area contributed by atoms with Gasteiger partial charge in [-0.15, -0.1) is 0 Å². The molecule has 3 saturated carbocycles. The molecule has 4 aliphatic rings. The zero-order chi connectivity index (χ0) is 22.6. The van der Waals surface area contributed by atoms with E-state index in [0.717, 1.165) is 41.4 Å². The van der Waals surface area contributed by atoms with Crippen LogP contribution >= 0.6 is 22.6 Å². The van der Waals surface area contributed by atoms with Crippen LogP contribution in [0.25, 0.3) is 0 Å². The van der Waals surface area contributed by atoms with Gasteiger partial charge in [0, 0.05) is 3.42 Å². The second-order valence-corrected chi connectivity index (χ2v) is 15.3. The lowest BCUT2D eigenvalue weighted by atomic mass is 9.46. The van der Waals surface area contributed by atoms with E-state index in [1.807, 2.05) is 5.57 Å². The van der Waals surface area contributed by atoms with E-state index in [1.165, 1.54) is 70.6 Å². The summed E-state index contributed by atoms with van der Waals surface area (Å²) in [5.41, 5.74) is 2.95. The predicted octanol–water partition coefficient (Wildman–Crippen LogP) is 9.86. The maximum Gasteiger partial charge on any atom is 0.0304 e. The Bertz CT molecular complexity index is 678. The highest BCUT2D eigenvalue weighted by Gasteiger charge is 2.64. The monoisotopic (exact) mass is 538 g/mol. The molecule has 3 unspecified atom stereocenters. The number of rotatable bonds is 6. The van der Waals surface area contributed by atoms with Gasteiger partial charge < -0.3 is 0 Å². The molecular formula is C30H51I. The summed E-state index contributed by atoms with van der Waals surface area (Å²) >= 11 is 3.01. The molecule has 0 radical (unpaired) electrons. The molecule has 4 aliphatic carbocycles. The van der Waals surface area contributed by atoms with Gasteiger partial charge in [0.2, 0.25) is 0 Å². The van der Waals surface area contributed by atoms with Crippen molar-refractivity contribution in [2.24, 2.45) is 52.3 Å². The molecule has 0 bridgehead atoms.